The van der Waals surface area contributed by atoms with E-state index in [2.05, 4.69) is 20.3 Å². The van der Waals surface area contributed by atoms with Gasteiger partial charge in [-0.25, -0.2) is 9.78 Å². The lowest BCUT2D eigenvalue weighted by molar-refractivity contribution is -0.137. The lowest BCUT2D eigenvalue weighted by Crippen LogP contribution is -2.45. The van der Waals surface area contributed by atoms with Crippen molar-refractivity contribution in [2.45, 2.75) is 19.6 Å². The quantitative estimate of drug-likeness (QED) is 0.255. The van der Waals surface area contributed by atoms with E-state index in [0.29, 0.717) is 17.0 Å². The summed E-state index contributed by atoms with van der Waals surface area (Å²) in [4.78, 5) is 41.5. The molecule has 5 aromatic rings. The van der Waals surface area contributed by atoms with Crippen molar-refractivity contribution in [3.05, 3.63) is 102 Å². The minimum Gasteiger partial charge on any atom is -0.346 e. The smallest absolute Gasteiger partial charge is 0.346 e. The summed E-state index contributed by atoms with van der Waals surface area (Å²) in [5.74, 6) is -0.619. The number of aryl methyl sites for hydroxylation is 1. The number of amides is 3. The van der Waals surface area contributed by atoms with Crippen LogP contribution in [0.15, 0.2) is 79.3 Å². The average Bonchev–Trinajstić information content (AvgIpc) is 3.44. The topological polar surface area (TPSA) is 94.2 Å². The van der Waals surface area contributed by atoms with Crippen LogP contribution in [0.5, 0.6) is 0 Å². The van der Waals surface area contributed by atoms with E-state index in [0.717, 1.165) is 34.3 Å². The van der Waals surface area contributed by atoms with Gasteiger partial charge in [-0.2, -0.15) is 13.2 Å². The molecular formula is C30H23F3N6O2. The van der Waals surface area contributed by atoms with E-state index < -0.39 is 17.6 Å². The van der Waals surface area contributed by atoms with Crippen molar-refractivity contribution in [2.24, 2.45) is 0 Å². The van der Waals surface area contributed by atoms with Gasteiger partial charge in [0.25, 0.3) is 5.91 Å². The number of nitrogens with one attached hydrogen (secondary N) is 2. The molecular weight excluding hydrogens is 533 g/mol. The van der Waals surface area contributed by atoms with Crippen LogP contribution in [0.4, 0.5) is 35.0 Å². The van der Waals surface area contributed by atoms with Gasteiger partial charge in [0.2, 0.25) is 0 Å². The van der Waals surface area contributed by atoms with Crippen molar-refractivity contribution >= 4 is 40.0 Å². The molecule has 0 bridgehead atoms. The molecule has 1 aliphatic rings. The number of rotatable bonds is 4. The molecule has 3 amide bonds. The maximum atomic E-state index is 13.7. The number of aromatic amines is 1. The molecule has 0 saturated carbocycles. The predicted octanol–water partition coefficient (Wildman–Crippen LogP) is 6.78. The number of hydrogen-bond acceptors (Lipinski definition) is 4. The Labute approximate surface area is 232 Å². The summed E-state index contributed by atoms with van der Waals surface area (Å²) in [6.07, 6.45) is 0.330. The first-order valence-electron chi connectivity index (χ1n) is 12.7. The monoisotopic (exact) mass is 556 g/mol. The van der Waals surface area contributed by atoms with Crippen LogP contribution in [0.2, 0.25) is 0 Å². The highest BCUT2D eigenvalue weighted by molar-refractivity contribution is 6.12. The van der Waals surface area contributed by atoms with Crippen LogP contribution in [0.3, 0.4) is 0 Å². The lowest BCUT2D eigenvalue weighted by atomic mass is 10.0. The predicted molar refractivity (Wildman–Crippen MR) is 150 cm³/mol. The van der Waals surface area contributed by atoms with Gasteiger partial charge in [-0.3, -0.25) is 19.6 Å². The van der Waals surface area contributed by atoms with Crippen LogP contribution in [0.25, 0.3) is 22.3 Å². The number of H-pyrrole nitrogens is 1. The van der Waals surface area contributed by atoms with E-state index in [-0.39, 0.29) is 29.4 Å². The fourth-order valence-electron chi connectivity index (χ4n) is 5.04. The molecule has 6 rings (SSSR count). The Bertz CT molecular complexity index is 1820. The Hall–Kier alpha value is -5.19. The summed E-state index contributed by atoms with van der Waals surface area (Å²) in [5, 5.41) is 3.42. The largest absolute Gasteiger partial charge is 0.416 e. The van der Waals surface area contributed by atoms with E-state index in [4.69, 9.17) is 0 Å². The summed E-state index contributed by atoms with van der Waals surface area (Å²) in [6.45, 7) is 2.05. The first kappa shape index (κ1) is 26.1. The second kappa shape index (κ2) is 9.77. The molecule has 1 aliphatic heterocycles. The molecule has 0 fully saturated rings. The maximum absolute atomic E-state index is 13.7. The number of halogens is 3. The molecule has 4 heterocycles. The SMILES string of the molecule is Cc1ccc(C(=O)Nc2cc(-c3ccccn3)cc(C(F)(F)F)c2)cc1N1Cc2cnc3[nH]ccc3c2N(C)C1=O. The van der Waals surface area contributed by atoms with E-state index in [1.54, 1.807) is 65.6 Å². The Kier molecular flexibility index (Phi) is 6.21. The highest BCUT2D eigenvalue weighted by Crippen LogP contribution is 2.37. The van der Waals surface area contributed by atoms with Crippen molar-refractivity contribution in [1.82, 2.24) is 15.0 Å². The third kappa shape index (κ3) is 4.75. The summed E-state index contributed by atoms with van der Waals surface area (Å²) < 4.78 is 41.1. The maximum Gasteiger partial charge on any atom is 0.416 e. The standard InChI is InChI=1S/C30H23F3N6O2/c1-17-6-7-18(13-25(17)39-16-20-15-36-27-23(8-10-35-27)26(20)38(2)29(39)41)28(40)37-22-12-19(24-5-3-4-9-34-24)11-21(14-22)30(31,32)33/h3-15H,16H2,1-2H3,(H,35,36)(H,37,40). The molecule has 3 aromatic heterocycles. The van der Waals surface area contributed by atoms with E-state index >= 15 is 0 Å². The minimum atomic E-state index is -4.63. The second-order valence-electron chi connectivity index (χ2n) is 9.77. The van der Waals surface area contributed by atoms with E-state index in [9.17, 15) is 22.8 Å². The van der Waals surface area contributed by atoms with Crippen molar-refractivity contribution in [3.8, 4) is 11.3 Å². The van der Waals surface area contributed by atoms with Gasteiger partial charge >= 0.3 is 12.2 Å². The van der Waals surface area contributed by atoms with E-state index in [1.165, 1.54) is 12.3 Å². The Morgan fingerprint density at radius 1 is 1.05 bits per heavy atom. The zero-order valence-corrected chi connectivity index (χ0v) is 22.0. The average molecular weight is 557 g/mol. The Morgan fingerprint density at radius 3 is 2.63 bits per heavy atom. The highest BCUT2D eigenvalue weighted by atomic mass is 19.4. The van der Waals surface area contributed by atoms with E-state index in [1.807, 2.05) is 13.0 Å². The molecule has 11 heteroatoms. The number of carbonyl (C=O) groups is 2. The highest BCUT2D eigenvalue weighted by Gasteiger charge is 2.33. The number of urea groups is 1. The van der Waals surface area contributed by atoms with Gasteiger partial charge in [-0.05, 0) is 61.0 Å². The van der Waals surface area contributed by atoms with Crippen molar-refractivity contribution in [2.75, 3.05) is 22.2 Å². The summed E-state index contributed by atoms with van der Waals surface area (Å²) in [7, 11) is 1.68. The Morgan fingerprint density at radius 2 is 1.88 bits per heavy atom. The number of alkyl halides is 3. The first-order valence-corrected chi connectivity index (χ1v) is 12.7. The van der Waals surface area contributed by atoms with Crippen LogP contribution in [-0.2, 0) is 12.7 Å². The Balaban J connectivity index is 1.33. The van der Waals surface area contributed by atoms with Crippen LogP contribution < -0.4 is 15.1 Å². The van der Waals surface area contributed by atoms with Gasteiger partial charge in [0.05, 0.1) is 23.5 Å². The van der Waals surface area contributed by atoms with Gasteiger partial charge in [0.15, 0.2) is 0 Å². The fraction of sp³-hybridized carbons (Fsp3) is 0.133. The zero-order chi connectivity index (χ0) is 28.9. The number of carbonyl (C=O) groups excluding carboxylic acids is 2. The van der Waals surface area contributed by atoms with Gasteiger partial charge in [0, 0.05) is 59.1 Å². The molecule has 206 valence electrons. The lowest BCUT2D eigenvalue weighted by Gasteiger charge is -2.36. The third-order valence-corrected chi connectivity index (χ3v) is 7.06. The molecule has 2 N–H and O–H groups in total. The molecule has 0 radical (unpaired) electrons. The number of aromatic nitrogens is 3. The van der Waals surface area contributed by atoms with Crippen LogP contribution in [0.1, 0.15) is 27.0 Å². The van der Waals surface area contributed by atoms with Crippen LogP contribution in [0, 0.1) is 6.92 Å². The fourth-order valence-corrected chi connectivity index (χ4v) is 5.04. The van der Waals surface area contributed by atoms with Crippen molar-refractivity contribution in [3.63, 3.8) is 0 Å². The molecule has 2 aromatic carbocycles. The number of benzene rings is 2. The number of nitrogens with zero attached hydrogens (tertiary/aromatic N) is 4. The summed E-state index contributed by atoms with van der Waals surface area (Å²) >= 11 is 0. The number of hydrogen-bond donors (Lipinski definition) is 2. The summed E-state index contributed by atoms with van der Waals surface area (Å²) in [5.41, 5.74) is 3.32. The van der Waals surface area contributed by atoms with Crippen molar-refractivity contribution < 1.29 is 22.8 Å². The summed E-state index contributed by atoms with van der Waals surface area (Å²) in [6, 6.07) is 14.7. The van der Waals surface area contributed by atoms with Gasteiger partial charge in [-0.1, -0.05) is 12.1 Å². The van der Waals surface area contributed by atoms with Crippen LogP contribution >= 0.6 is 0 Å². The number of anilines is 3. The molecule has 0 spiro atoms. The zero-order valence-electron chi connectivity index (χ0n) is 22.0. The van der Waals surface area contributed by atoms with Gasteiger partial charge in [-0.15, -0.1) is 0 Å². The van der Waals surface area contributed by atoms with Gasteiger partial charge in [0.1, 0.15) is 5.65 Å². The van der Waals surface area contributed by atoms with Gasteiger partial charge < -0.3 is 10.3 Å². The molecule has 8 nitrogen and oxygen atoms in total. The van der Waals surface area contributed by atoms with Crippen molar-refractivity contribution in [1.29, 1.82) is 0 Å². The molecule has 0 unspecified atom stereocenters. The normalized spacial score (nSPS) is 13.4. The molecule has 0 atom stereocenters. The second-order valence-corrected chi connectivity index (χ2v) is 9.77. The number of fused-ring (bicyclic) bond motifs is 3. The minimum absolute atomic E-state index is 0.0306. The molecule has 0 aliphatic carbocycles. The number of pyridine rings is 2. The first-order chi connectivity index (χ1) is 19.6. The third-order valence-electron chi connectivity index (χ3n) is 7.06. The van der Waals surface area contributed by atoms with Crippen LogP contribution in [-0.4, -0.2) is 33.9 Å². The molecule has 0 saturated heterocycles. The molecule has 41 heavy (non-hydrogen) atoms.